The summed E-state index contributed by atoms with van der Waals surface area (Å²) >= 11 is 0. The van der Waals surface area contributed by atoms with Crippen molar-refractivity contribution in [3.05, 3.63) is 35.5 Å². The zero-order valence-electron chi connectivity index (χ0n) is 31.9. The minimum absolute atomic E-state index is 0.0163. The summed E-state index contributed by atoms with van der Waals surface area (Å²) in [5, 5.41) is 43.0. The van der Waals surface area contributed by atoms with Crippen molar-refractivity contribution in [1.82, 2.24) is 0 Å². The fourth-order valence-corrected chi connectivity index (χ4v) is 7.82. The van der Waals surface area contributed by atoms with Crippen molar-refractivity contribution in [1.29, 1.82) is 0 Å². The molecule has 50 heavy (non-hydrogen) atoms. The molecule has 0 aliphatic carbocycles. The predicted octanol–water partition coefficient (Wildman–Crippen LogP) is 5.94. The SMILES string of the molecule is CCC(=O)[C@@H](C)[C@@H](O)[C@H](C)CC(C)C1OC(=O)C[C@@]2(O)CC=C(C)[C@H](O2)/C(C)=C\CCC[C@@H](O[C@@H]2C[C@@H](O)[C@H](O)[C@@H](C)O2)/C=C\[C@H](C)C[C@H]1C. The lowest BCUT2D eigenvalue weighted by Gasteiger charge is -2.38. The fourth-order valence-electron chi connectivity index (χ4n) is 7.82. The lowest BCUT2D eigenvalue weighted by molar-refractivity contribution is -0.254. The van der Waals surface area contributed by atoms with Crippen LogP contribution in [0.1, 0.15) is 120 Å². The first-order valence-electron chi connectivity index (χ1n) is 18.9. The number of hydrogen-bond donors (Lipinski definition) is 4. The quantitative estimate of drug-likeness (QED) is 0.167. The molecule has 3 aliphatic heterocycles. The second-order valence-electron chi connectivity index (χ2n) is 15.7. The van der Waals surface area contributed by atoms with Gasteiger partial charge in [-0.2, -0.15) is 0 Å². The van der Waals surface area contributed by atoms with Gasteiger partial charge < -0.3 is 39.4 Å². The number of esters is 1. The van der Waals surface area contributed by atoms with E-state index in [1.165, 1.54) is 0 Å². The molecule has 0 aromatic carbocycles. The van der Waals surface area contributed by atoms with Gasteiger partial charge in [-0.25, -0.2) is 0 Å². The first kappa shape index (κ1) is 42.5. The van der Waals surface area contributed by atoms with Crippen LogP contribution in [0.5, 0.6) is 0 Å². The Morgan fingerprint density at radius 3 is 2.40 bits per heavy atom. The average molecular weight is 707 g/mol. The van der Waals surface area contributed by atoms with Gasteiger partial charge in [0.15, 0.2) is 12.1 Å². The number of ether oxygens (including phenoxy) is 4. The third kappa shape index (κ3) is 12.1. The number of rotatable bonds is 9. The molecule has 10 nitrogen and oxygen atoms in total. The van der Waals surface area contributed by atoms with Crippen LogP contribution in [0, 0.1) is 29.6 Å². The maximum Gasteiger partial charge on any atom is 0.311 e. The van der Waals surface area contributed by atoms with Gasteiger partial charge in [-0.3, -0.25) is 9.59 Å². The molecule has 0 aromatic heterocycles. The van der Waals surface area contributed by atoms with Crippen LogP contribution in [-0.2, 0) is 28.5 Å². The molecule has 0 spiro atoms. The summed E-state index contributed by atoms with van der Waals surface area (Å²) in [6, 6.07) is 0. The van der Waals surface area contributed by atoms with E-state index in [4.69, 9.17) is 18.9 Å². The van der Waals surface area contributed by atoms with E-state index in [1.54, 1.807) is 20.8 Å². The van der Waals surface area contributed by atoms with Crippen LogP contribution in [-0.4, -0.2) is 87.0 Å². The molecule has 2 unspecified atom stereocenters. The predicted molar refractivity (Wildman–Crippen MR) is 192 cm³/mol. The minimum Gasteiger partial charge on any atom is -0.462 e. The Balaban J connectivity index is 1.88. The largest absolute Gasteiger partial charge is 0.462 e. The Labute approximate surface area is 300 Å². The number of carbonyl (C=O) groups is 2. The van der Waals surface area contributed by atoms with Crippen molar-refractivity contribution >= 4 is 11.8 Å². The highest BCUT2D eigenvalue weighted by Crippen LogP contribution is 2.35. The molecule has 4 N–H and O–H groups in total. The van der Waals surface area contributed by atoms with Gasteiger partial charge in [0, 0.05) is 25.2 Å². The molecule has 3 rings (SSSR count). The van der Waals surface area contributed by atoms with Crippen LogP contribution < -0.4 is 0 Å². The molecule has 0 amide bonds. The Bertz CT molecular complexity index is 1180. The molecule has 3 aliphatic rings. The summed E-state index contributed by atoms with van der Waals surface area (Å²) in [7, 11) is 0. The molecule has 1 fully saturated rings. The molecule has 0 saturated carbocycles. The van der Waals surface area contributed by atoms with Crippen molar-refractivity contribution in [2.24, 2.45) is 29.6 Å². The second-order valence-corrected chi connectivity index (χ2v) is 15.7. The Morgan fingerprint density at radius 1 is 1.06 bits per heavy atom. The number of aliphatic hydroxyl groups excluding tert-OH is 3. The Hall–Kier alpha value is -1.92. The van der Waals surface area contributed by atoms with Gasteiger partial charge in [-0.15, -0.1) is 0 Å². The van der Waals surface area contributed by atoms with Crippen LogP contribution in [0.15, 0.2) is 35.5 Å². The highest BCUT2D eigenvalue weighted by atomic mass is 16.7. The van der Waals surface area contributed by atoms with E-state index in [9.17, 15) is 30.0 Å². The number of cyclic esters (lactones) is 1. The van der Waals surface area contributed by atoms with Crippen LogP contribution >= 0.6 is 0 Å². The van der Waals surface area contributed by atoms with E-state index in [0.717, 1.165) is 24.0 Å². The van der Waals surface area contributed by atoms with Crippen LogP contribution in [0.3, 0.4) is 0 Å². The first-order chi connectivity index (χ1) is 23.4. The van der Waals surface area contributed by atoms with Gasteiger partial charge in [0.2, 0.25) is 0 Å². The highest BCUT2D eigenvalue weighted by molar-refractivity contribution is 5.80. The van der Waals surface area contributed by atoms with Gasteiger partial charge in [0.05, 0.1) is 30.8 Å². The van der Waals surface area contributed by atoms with Gasteiger partial charge in [0.25, 0.3) is 0 Å². The van der Waals surface area contributed by atoms with E-state index in [-0.39, 0.29) is 54.8 Å². The molecule has 286 valence electrons. The zero-order chi connectivity index (χ0) is 37.3. The minimum atomic E-state index is -1.71. The highest BCUT2D eigenvalue weighted by Gasteiger charge is 2.40. The number of aliphatic hydroxyl groups is 4. The summed E-state index contributed by atoms with van der Waals surface area (Å²) in [6.45, 7) is 17.3. The second kappa shape index (κ2) is 19.2. The molecular formula is C40H66O10. The van der Waals surface area contributed by atoms with E-state index in [0.29, 0.717) is 25.7 Å². The monoisotopic (exact) mass is 706 g/mol. The number of ketones is 1. The van der Waals surface area contributed by atoms with E-state index >= 15 is 0 Å². The number of hydrogen-bond acceptors (Lipinski definition) is 10. The van der Waals surface area contributed by atoms with Crippen molar-refractivity contribution < 1.29 is 49.0 Å². The smallest absolute Gasteiger partial charge is 0.311 e. The number of Topliss-reactive ketones (excluding diaryl/α,β-unsaturated/α-hetero) is 1. The van der Waals surface area contributed by atoms with Gasteiger partial charge >= 0.3 is 5.97 Å². The van der Waals surface area contributed by atoms with Crippen molar-refractivity contribution in [2.45, 2.75) is 175 Å². The summed E-state index contributed by atoms with van der Waals surface area (Å²) in [4.78, 5) is 25.9. The maximum absolute atomic E-state index is 13.6. The zero-order valence-corrected chi connectivity index (χ0v) is 31.9. The average Bonchev–Trinajstić information content (AvgIpc) is 3.05. The molecule has 0 aromatic rings. The first-order valence-corrected chi connectivity index (χ1v) is 18.9. The molecule has 14 atom stereocenters. The Kier molecular flexibility index (Phi) is 16.4. The number of fused-ring (bicyclic) bond motifs is 2. The van der Waals surface area contributed by atoms with Crippen molar-refractivity contribution in [2.75, 3.05) is 0 Å². The normalized spacial score (nSPS) is 39.3. The van der Waals surface area contributed by atoms with E-state index < -0.39 is 60.6 Å². The van der Waals surface area contributed by atoms with Crippen molar-refractivity contribution in [3.63, 3.8) is 0 Å². The molecule has 10 heteroatoms. The summed E-state index contributed by atoms with van der Waals surface area (Å²) in [5.74, 6) is -3.05. The fraction of sp³-hybridized carbons (Fsp3) is 0.800. The van der Waals surface area contributed by atoms with E-state index in [2.05, 4.69) is 32.1 Å². The van der Waals surface area contributed by atoms with E-state index in [1.807, 2.05) is 33.8 Å². The van der Waals surface area contributed by atoms with Gasteiger partial charge in [-0.05, 0) is 87.7 Å². The van der Waals surface area contributed by atoms with Crippen LogP contribution in [0.2, 0.25) is 0 Å². The summed E-state index contributed by atoms with van der Waals surface area (Å²) in [5.41, 5.74) is 1.91. The summed E-state index contributed by atoms with van der Waals surface area (Å²) < 4.78 is 24.7. The third-order valence-electron chi connectivity index (χ3n) is 11.0. The van der Waals surface area contributed by atoms with Gasteiger partial charge in [0.1, 0.15) is 24.1 Å². The lowest BCUT2D eigenvalue weighted by atomic mass is 9.79. The molecule has 1 saturated heterocycles. The maximum atomic E-state index is 13.6. The molecule has 0 radical (unpaired) electrons. The number of allylic oxidation sites excluding steroid dienone is 2. The standard InChI is InChI=1S/C40H66O10/c1-10-32(41)29(8)36(44)26(5)20-28(7)38-27(6)19-23(2)15-16-31(48-35-21-33(42)37(45)30(9)47-35)14-12-11-13-24(3)39-25(4)17-18-40(46,50-39)22-34(43)49-38/h13,15-17,23,26-31,33,35-39,42,44-46H,10-12,14,18-22H2,1-9H3/b16-15-,24-13-/t23-,26+,27+,28?,29+,30+,31+,33+,35+,36-,37+,38?,39+,40+/m0/s1. The van der Waals surface area contributed by atoms with Crippen LogP contribution in [0.25, 0.3) is 0 Å². The van der Waals surface area contributed by atoms with Crippen LogP contribution in [0.4, 0.5) is 0 Å². The van der Waals surface area contributed by atoms with Gasteiger partial charge in [-0.1, -0.05) is 65.8 Å². The Morgan fingerprint density at radius 2 is 1.74 bits per heavy atom. The summed E-state index contributed by atoms with van der Waals surface area (Å²) in [6.07, 6.45) is 6.93. The van der Waals surface area contributed by atoms with Crippen molar-refractivity contribution in [3.8, 4) is 0 Å². The lowest BCUT2D eigenvalue weighted by Crippen LogP contribution is -2.48. The molecular weight excluding hydrogens is 640 g/mol. The topological polar surface area (TPSA) is 152 Å². The molecule has 3 heterocycles. The number of carbonyl (C=O) groups excluding carboxylic acids is 2. The molecule has 2 bridgehead atoms. The third-order valence-corrected chi connectivity index (χ3v) is 11.0.